The lowest BCUT2D eigenvalue weighted by Gasteiger charge is -2.21. The SMILES string of the molecule is COc1ccc(O[C@H](C(=O)NC(N)=O)C(C)C)c([N+](=O)[O-])c1. The monoisotopic (exact) mass is 311 g/mol. The van der Waals surface area contributed by atoms with Crippen molar-refractivity contribution >= 4 is 17.6 Å². The first-order valence-corrected chi connectivity index (χ1v) is 6.35. The van der Waals surface area contributed by atoms with Crippen molar-refractivity contribution in [2.45, 2.75) is 20.0 Å². The highest BCUT2D eigenvalue weighted by atomic mass is 16.6. The van der Waals surface area contributed by atoms with Crippen LogP contribution in [0.15, 0.2) is 18.2 Å². The smallest absolute Gasteiger partial charge is 0.318 e. The molecule has 0 saturated carbocycles. The zero-order chi connectivity index (χ0) is 16.9. The molecule has 0 bridgehead atoms. The molecule has 1 aromatic carbocycles. The van der Waals surface area contributed by atoms with Gasteiger partial charge in [-0.1, -0.05) is 13.8 Å². The van der Waals surface area contributed by atoms with Crippen molar-refractivity contribution in [3.63, 3.8) is 0 Å². The Labute approximate surface area is 126 Å². The van der Waals surface area contributed by atoms with E-state index in [9.17, 15) is 19.7 Å². The van der Waals surface area contributed by atoms with Crippen LogP contribution in [0.2, 0.25) is 0 Å². The molecule has 0 heterocycles. The lowest BCUT2D eigenvalue weighted by molar-refractivity contribution is -0.386. The minimum atomic E-state index is -1.11. The van der Waals surface area contributed by atoms with E-state index in [1.54, 1.807) is 13.8 Å². The fourth-order valence-corrected chi connectivity index (χ4v) is 1.69. The molecule has 1 atom stereocenters. The molecule has 0 aliphatic rings. The topological polar surface area (TPSA) is 134 Å². The fourth-order valence-electron chi connectivity index (χ4n) is 1.69. The van der Waals surface area contributed by atoms with Crippen LogP contribution in [0.3, 0.4) is 0 Å². The second-order valence-electron chi connectivity index (χ2n) is 4.73. The number of urea groups is 1. The molecular formula is C13H17N3O6. The molecule has 0 fully saturated rings. The number of nitro groups is 1. The fraction of sp³-hybridized carbons (Fsp3) is 0.385. The van der Waals surface area contributed by atoms with Crippen molar-refractivity contribution in [2.75, 3.05) is 7.11 Å². The second kappa shape index (κ2) is 7.25. The maximum absolute atomic E-state index is 11.9. The summed E-state index contributed by atoms with van der Waals surface area (Å²) in [5.74, 6) is -0.945. The number of hydrogen-bond donors (Lipinski definition) is 2. The molecule has 0 unspecified atom stereocenters. The Balaban J connectivity index is 3.10. The average Bonchev–Trinajstić information content (AvgIpc) is 2.43. The molecule has 0 radical (unpaired) electrons. The molecule has 0 spiro atoms. The molecular weight excluding hydrogens is 294 g/mol. The summed E-state index contributed by atoms with van der Waals surface area (Å²) in [6, 6.07) is 2.94. The summed E-state index contributed by atoms with van der Waals surface area (Å²) < 4.78 is 10.3. The van der Waals surface area contributed by atoms with Crippen LogP contribution in [-0.4, -0.2) is 30.1 Å². The lowest BCUT2D eigenvalue weighted by Crippen LogP contribution is -2.46. The van der Waals surface area contributed by atoms with Crippen molar-refractivity contribution in [1.29, 1.82) is 0 Å². The number of rotatable bonds is 6. The summed E-state index contributed by atoms with van der Waals surface area (Å²) in [7, 11) is 1.37. The molecule has 120 valence electrons. The summed E-state index contributed by atoms with van der Waals surface area (Å²) in [5.41, 5.74) is 4.54. The van der Waals surface area contributed by atoms with Crippen LogP contribution in [0, 0.1) is 16.0 Å². The molecule has 0 aliphatic heterocycles. The van der Waals surface area contributed by atoms with Crippen LogP contribution in [0.25, 0.3) is 0 Å². The van der Waals surface area contributed by atoms with Crippen LogP contribution in [-0.2, 0) is 4.79 Å². The minimum Gasteiger partial charge on any atom is -0.496 e. The minimum absolute atomic E-state index is 0.107. The van der Waals surface area contributed by atoms with Crippen LogP contribution in [0.4, 0.5) is 10.5 Å². The van der Waals surface area contributed by atoms with Crippen LogP contribution in [0.1, 0.15) is 13.8 Å². The highest BCUT2D eigenvalue weighted by molar-refractivity contribution is 5.96. The van der Waals surface area contributed by atoms with Gasteiger partial charge >= 0.3 is 11.7 Å². The maximum Gasteiger partial charge on any atom is 0.318 e. The van der Waals surface area contributed by atoms with Crippen molar-refractivity contribution in [2.24, 2.45) is 11.7 Å². The summed E-state index contributed by atoms with van der Waals surface area (Å²) in [5, 5.41) is 13.0. The number of nitrogens with zero attached hydrogens (tertiary/aromatic N) is 1. The first-order valence-electron chi connectivity index (χ1n) is 6.35. The Morgan fingerprint density at radius 1 is 1.36 bits per heavy atom. The van der Waals surface area contributed by atoms with Gasteiger partial charge in [0, 0.05) is 0 Å². The van der Waals surface area contributed by atoms with E-state index in [-0.39, 0.29) is 23.1 Å². The third-order valence-corrected chi connectivity index (χ3v) is 2.73. The molecule has 1 rings (SSSR count). The zero-order valence-corrected chi connectivity index (χ0v) is 12.4. The third-order valence-electron chi connectivity index (χ3n) is 2.73. The Bertz CT molecular complexity index is 587. The zero-order valence-electron chi connectivity index (χ0n) is 12.4. The number of benzene rings is 1. The van der Waals surface area contributed by atoms with Crippen molar-refractivity contribution in [3.8, 4) is 11.5 Å². The van der Waals surface area contributed by atoms with Gasteiger partial charge in [0.15, 0.2) is 11.9 Å². The summed E-state index contributed by atoms with van der Waals surface area (Å²) >= 11 is 0. The van der Waals surface area contributed by atoms with E-state index >= 15 is 0 Å². The van der Waals surface area contributed by atoms with E-state index in [2.05, 4.69) is 0 Å². The van der Waals surface area contributed by atoms with E-state index in [0.717, 1.165) is 0 Å². The van der Waals surface area contributed by atoms with E-state index in [4.69, 9.17) is 15.2 Å². The number of carbonyl (C=O) groups excluding carboxylic acids is 2. The Morgan fingerprint density at radius 3 is 2.45 bits per heavy atom. The molecule has 9 nitrogen and oxygen atoms in total. The van der Waals surface area contributed by atoms with E-state index in [1.165, 1.54) is 25.3 Å². The van der Waals surface area contributed by atoms with Gasteiger partial charge in [-0.25, -0.2) is 4.79 Å². The number of ether oxygens (including phenoxy) is 2. The van der Waals surface area contributed by atoms with Gasteiger partial charge in [0.05, 0.1) is 18.1 Å². The highest BCUT2D eigenvalue weighted by Crippen LogP contribution is 2.32. The van der Waals surface area contributed by atoms with E-state index < -0.39 is 23.0 Å². The molecule has 9 heteroatoms. The molecule has 22 heavy (non-hydrogen) atoms. The molecule has 3 amide bonds. The van der Waals surface area contributed by atoms with Crippen LogP contribution >= 0.6 is 0 Å². The molecule has 0 aromatic heterocycles. The Hall–Kier alpha value is -2.84. The van der Waals surface area contributed by atoms with E-state index in [0.29, 0.717) is 0 Å². The van der Waals surface area contributed by atoms with Crippen LogP contribution < -0.4 is 20.5 Å². The Morgan fingerprint density at radius 2 is 2.00 bits per heavy atom. The second-order valence-corrected chi connectivity index (χ2v) is 4.73. The first kappa shape index (κ1) is 17.2. The van der Waals surface area contributed by atoms with Gasteiger partial charge in [0.2, 0.25) is 0 Å². The molecule has 0 saturated heterocycles. The maximum atomic E-state index is 11.9. The molecule has 0 aliphatic carbocycles. The standard InChI is InChI=1S/C13H17N3O6/c1-7(2)11(12(17)15-13(14)18)22-10-5-4-8(21-3)6-9(10)16(19)20/h4-7,11H,1-3H3,(H3,14,15,17,18)/t11-/m0/s1. The first-order chi connectivity index (χ1) is 10.3. The van der Waals surface area contributed by atoms with Gasteiger partial charge in [-0.05, 0) is 18.1 Å². The number of primary amides is 1. The predicted octanol–water partition coefficient (Wildman–Crippen LogP) is 1.20. The van der Waals surface area contributed by atoms with E-state index in [1.807, 2.05) is 5.32 Å². The van der Waals surface area contributed by atoms with Gasteiger partial charge < -0.3 is 15.2 Å². The molecule has 3 N–H and O–H groups in total. The van der Waals surface area contributed by atoms with Crippen LogP contribution in [0.5, 0.6) is 11.5 Å². The number of nitro benzene ring substituents is 1. The summed E-state index contributed by atoms with van der Waals surface area (Å²) in [6.45, 7) is 3.33. The van der Waals surface area contributed by atoms with Gasteiger partial charge in [-0.3, -0.25) is 20.2 Å². The summed E-state index contributed by atoms with van der Waals surface area (Å²) in [4.78, 5) is 33.1. The highest BCUT2D eigenvalue weighted by Gasteiger charge is 2.28. The van der Waals surface area contributed by atoms with Crippen molar-refractivity contribution in [1.82, 2.24) is 5.32 Å². The number of amides is 3. The number of imide groups is 1. The van der Waals surface area contributed by atoms with Gasteiger partial charge in [-0.2, -0.15) is 0 Å². The van der Waals surface area contributed by atoms with Crippen molar-refractivity contribution < 1.29 is 24.0 Å². The lowest BCUT2D eigenvalue weighted by atomic mass is 10.1. The predicted molar refractivity (Wildman–Crippen MR) is 76.6 cm³/mol. The average molecular weight is 311 g/mol. The van der Waals surface area contributed by atoms with Gasteiger partial charge in [0.25, 0.3) is 5.91 Å². The molecule has 1 aromatic rings. The normalized spacial score (nSPS) is 11.6. The number of nitrogens with two attached hydrogens (primary N) is 1. The van der Waals surface area contributed by atoms with Gasteiger partial charge in [0.1, 0.15) is 5.75 Å². The van der Waals surface area contributed by atoms with Crippen molar-refractivity contribution in [3.05, 3.63) is 28.3 Å². The quantitative estimate of drug-likeness (QED) is 0.599. The number of nitrogens with one attached hydrogen (secondary N) is 1. The number of methoxy groups -OCH3 is 1. The summed E-state index contributed by atoms with van der Waals surface area (Å²) in [6.07, 6.45) is -1.11. The van der Waals surface area contributed by atoms with Gasteiger partial charge in [-0.15, -0.1) is 0 Å². The number of carbonyl (C=O) groups is 2. The number of hydrogen-bond acceptors (Lipinski definition) is 6. The largest absolute Gasteiger partial charge is 0.496 e. The Kier molecular flexibility index (Phi) is 5.67. The third kappa shape index (κ3) is 4.33.